The fourth-order valence-corrected chi connectivity index (χ4v) is 0.639. The van der Waals surface area contributed by atoms with Gasteiger partial charge in [-0.05, 0) is 17.7 Å². The van der Waals surface area contributed by atoms with Gasteiger partial charge in [-0.25, -0.2) is 0 Å². The summed E-state index contributed by atoms with van der Waals surface area (Å²) in [5, 5.41) is 9.95. The molecule has 56 valence electrons. The van der Waals surface area contributed by atoms with Gasteiger partial charge < -0.3 is 9.90 Å². The molecule has 0 saturated heterocycles. The van der Waals surface area contributed by atoms with Gasteiger partial charge in [-0.1, -0.05) is 12.1 Å². The maximum absolute atomic E-state index is 9.95. The smallest absolute Gasteiger partial charge is 0.545 e. The van der Waals surface area contributed by atoms with Crippen LogP contribution < -0.4 is 34.7 Å². The molecule has 0 aliphatic heterocycles. The zero-order valence-electron chi connectivity index (χ0n) is 6.73. The number of hydrogen-bond donors (Lipinski definition) is 0. The quantitative estimate of drug-likeness (QED) is 0.349. The van der Waals surface area contributed by atoms with Crippen LogP contribution in [-0.2, 0) is 4.79 Å². The van der Waals surface area contributed by atoms with Crippen molar-refractivity contribution in [1.29, 1.82) is 0 Å². The van der Waals surface area contributed by atoms with Crippen molar-refractivity contribution in [3.05, 3.63) is 36.2 Å². The van der Waals surface area contributed by atoms with Gasteiger partial charge in [-0.3, -0.25) is 4.98 Å². The van der Waals surface area contributed by atoms with Crippen LogP contribution in [0.1, 0.15) is 5.56 Å². The van der Waals surface area contributed by atoms with E-state index in [4.69, 9.17) is 0 Å². The Morgan fingerprint density at radius 1 is 1.58 bits per heavy atom. The molecule has 0 bridgehead atoms. The molecular formula is C8H6NNaO2. The molecule has 0 aromatic carbocycles. The summed E-state index contributed by atoms with van der Waals surface area (Å²) < 4.78 is 0. The number of pyridine rings is 1. The summed E-state index contributed by atoms with van der Waals surface area (Å²) in [7, 11) is 0. The first kappa shape index (κ1) is 11.4. The van der Waals surface area contributed by atoms with Crippen LogP contribution in [0.15, 0.2) is 30.6 Å². The average molecular weight is 171 g/mol. The summed E-state index contributed by atoms with van der Waals surface area (Å²) in [6.07, 6.45) is 5.59. The second-order valence-corrected chi connectivity index (χ2v) is 1.94. The SMILES string of the molecule is O=C([O-])/C=C/c1cccnc1.[Na+]. The molecule has 0 radical (unpaired) electrons. The third-order valence-electron chi connectivity index (χ3n) is 1.10. The second kappa shape index (κ2) is 5.94. The number of nitrogens with zero attached hydrogens (tertiary/aromatic N) is 1. The fraction of sp³-hybridized carbons (Fsp3) is 0. The first-order valence-electron chi connectivity index (χ1n) is 3.08. The molecule has 0 spiro atoms. The molecule has 3 nitrogen and oxygen atoms in total. The minimum Gasteiger partial charge on any atom is -0.545 e. The normalized spacial score (nSPS) is 9.33. The molecule has 1 aromatic heterocycles. The summed E-state index contributed by atoms with van der Waals surface area (Å²) in [4.78, 5) is 13.8. The van der Waals surface area contributed by atoms with Crippen molar-refractivity contribution >= 4 is 12.0 Å². The third-order valence-corrected chi connectivity index (χ3v) is 1.10. The van der Waals surface area contributed by atoms with Crippen molar-refractivity contribution in [2.45, 2.75) is 0 Å². The van der Waals surface area contributed by atoms with Crippen molar-refractivity contribution in [1.82, 2.24) is 4.98 Å². The van der Waals surface area contributed by atoms with Crippen molar-refractivity contribution in [2.24, 2.45) is 0 Å². The Morgan fingerprint density at radius 2 is 2.33 bits per heavy atom. The topological polar surface area (TPSA) is 53.0 Å². The largest absolute Gasteiger partial charge is 1.00 e. The number of aromatic nitrogens is 1. The van der Waals surface area contributed by atoms with E-state index in [0.717, 1.165) is 11.6 Å². The minimum absolute atomic E-state index is 0. The molecule has 0 fully saturated rings. The van der Waals surface area contributed by atoms with Gasteiger partial charge in [0.2, 0.25) is 0 Å². The average Bonchev–Trinajstić information content (AvgIpc) is 2.03. The van der Waals surface area contributed by atoms with Crippen LogP contribution in [0.2, 0.25) is 0 Å². The molecule has 0 saturated carbocycles. The fourth-order valence-electron chi connectivity index (χ4n) is 0.639. The number of aliphatic carboxylic acids is 1. The molecule has 0 aliphatic carbocycles. The predicted molar refractivity (Wildman–Crippen MR) is 38.3 cm³/mol. The first-order chi connectivity index (χ1) is 5.29. The number of hydrogen-bond acceptors (Lipinski definition) is 3. The summed E-state index contributed by atoms with van der Waals surface area (Å²) in [6.45, 7) is 0. The minimum atomic E-state index is -1.20. The Kier molecular flexibility index (Phi) is 5.62. The van der Waals surface area contributed by atoms with E-state index >= 15 is 0 Å². The number of carbonyl (C=O) groups is 1. The van der Waals surface area contributed by atoms with E-state index in [2.05, 4.69) is 4.98 Å². The van der Waals surface area contributed by atoms with Crippen LogP contribution in [0.3, 0.4) is 0 Å². The molecule has 0 amide bonds. The van der Waals surface area contributed by atoms with Crippen LogP contribution in [0.4, 0.5) is 0 Å². The molecule has 1 rings (SSSR count). The number of carbonyl (C=O) groups excluding carboxylic acids is 1. The first-order valence-corrected chi connectivity index (χ1v) is 3.08. The van der Waals surface area contributed by atoms with Crippen molar-refractivity contribution < 1.29 is 39.5 Å². The summed E-state index contributed by atoms with van der Waals surface area (Å²) in [5.74, 6) is -1.20. The number of rotatable bonds is 2. The van der Waals surface area contributed by atoms with Crippen molar-refractivity contribution in [3.8, 4) is 0 Å². The second-order valence-electron chi connectivity index (χ2n) is 1.94. The summed E-state index contributed by atoms with van der Waals surface area (Å²) in [6, 6.07) is 3.49. The summed E-state index contributed by atoms with van der Waals surface area (Å²) in [5.41, 5.74) is 0.747. The molecule has 0 N–H and O–H groups in total. The molecule has 0 unspecified atom stereocenters. The maximum atomic E-state index is 9.95. The van der Waals surface area contributed by atoms with Gasteiger partial charge in [-0.15, -0.1) is 0 Å². The van der Waals surface area contributed by atoms with Gasteiger partial charge >= 0.3 is 29.6 Å². The molecule has 1 heterocycles. The standard InChI is InChI=1S/C8H7NO2.Na/c10-8(11)4-3-7-2-1-5-9-6-7;/h1-6H,(H,10,11);/q;+1/p-1/b4-3+;. The van der Waals surface area contributed by atoms with Gasteiger partial charge in [0, 0.05) is 12.4 Å². The zero-order chi connectivity index (χ0) is 8.10. The Hall–Kier alpha value is -0.640. The zero-order valence-corrected chi connectivity index (χ0v) is 8.73. The monoisotopic (exact) mass is 171 g/mol. The van der Waals surface area contributed by atoms with E-state index in [-0.39, 0.29) is 29.6 Å². The molecular weight excluding hydrogens is 165 g/mol. The van der Waals surface area contributed by atoms with E-state index in [9.17, 15) is 9.90 Å². The van der Waals surface area contributed by atoms with Gasteiger partial charge in [-0.2, -0.15) is 0 Å². The summed E-state index contributed by atoms with van der Waals surface area (Å²) >= 11 is 0. The van der Waals surface area contributed by atoms with Gasteiger partial charge in [0.15, 0.2) is 0 Å². The van der Waals surface area contributed by atoms with Gasteiger partial charge in [0.05, 0.1) is 5.97 Å². The van der Waals surface area contributed by atoms with E-state index in [1.54, 1.807) is 24.5 Å². The van der Waals surface area contributed by atoms with E-state index in [0.29, 0.717) is 0 Å². The van der Waals surface area contributed by atoms with E-state index in [1.165, 1.54) is 6.08 Å². The van der Waals surface area contributed by atoms with Crippen molar-refractivity contribution in [2.75, 3.05) is 0 Å². The van der Waals surface area contributed by atoms with Gasteiger partial charge in [0.1, 0.15) is 0 Å². The van der Waals surface area contributed by atoms with E-state index in [1.807, 2.05) is 0 Å². The van der Waals surface area contributed by atoms with Crippen LogP contribution >= 0.6 is 0 Å². The predicted octanol–water partition coefficient (Wildman–Crippen LogP) is -3.15. The third kappa shape index (κ3) is 4.28. The van der Waals surface area contributed by atoms with Crippen LogP contribution in [0.5, 0.6) is 0 Å². The van der Waals surface area contributed by atoms with E-state index < -0.39 is 5.97 Å². The Morgan fingerprint density at radius 3 is 2.83 bits per heavy atom. The van der Waals surface area contributed by atoms with Crippen molar-refractivity contribution in [3.63, 3.8) is 0 Å². The Bertz CT molecular complexity index is 272. The Balaban J connectivity index is 0.00000121. The Labute approximate surface area is 92.4 Å². The molecule has 0 aliphatic rings. The maximum Gasteiger partial charge on any atom is 1.00 e. The van der Waals surface area contributed by atoms with Gasteiger partial charge in [0.25, 0.3) is 0 Å². The van der Waals surface area contributed by atoms with Crippen LogP contribution in [0, 0.1) is 0 Å². The molecule has 4 heteroatoms. The van der Waals surface area contributed by atoms with Crippen LogP contribution in [0.25, 0.3) is 6.08 Å². The molecule has 12 heavy (non-hydrogen) atoms. The molecule has 0 atom stereocenters. The number of carboxylic acid groups (broad SMARTS) is 1. The number of carboxylic acids is 1. The molecule has 1 aromatic rings. The van der Waals surface area contributed by atoms with Crippen LogP contribution in [-0.4, -0.2) is 11.0 Å².